The fourth-order valence-corrected chi connectivity index (χ4v) is 3.66. The molecule has 1 aliphatic rings. The molecule has 152 valence electrons. The molecule has 0 fully saturated rings. The van der Waals surface area contributed by atoms with Crippen LogP contribution in [0.5, 0.6) is 0 Å². The van der Waals surface area contributed by atoms with Gasteiger partial charge in [-0.15, -0.1) is 10.2 Å². The summed E-state index contributed by atoms with van der Waals surface area (Å²) in [7, 11) is 0. The van der Waals surface area contributed by atoms with E-state index in [4.69, 9.17) is 0 Å². The molecular weight excluding hydrogens is 400 g/mol. The van der Waals surface area contributed by atoms with Crippen LogP contribution in [-0.2, 0) is 5.54 Å². The van der Waals surface area contributed by atoms with E-state index in [1.165, 1.54) is 24.3 Å². The summed E-state index contributed by atoms with van der Waals surface area (Å²) < 4.78 is 27.1. The number of hydrogen-bond donors (Lipinski definition) is 2. The second-order valence-corrected chi connectivity index (χ2v) is 7.21. The summed E-state index contributed by atoms with van der Waals surface area (Å²) >= 11 is 0. The minimum atomic E-state index is -0.807. The predicted molar refractivity (Wildman–Crippen MR) is 107 cm³/mol. The van der Waals surface area contributed by atoms with Gasteiger partial charge in [-0.25, -0.2) is 8.78 Å². The zero-order valence-electron chi connectivity index (χ0n) is 16.3. The average Bonchev–Trinajstić information content (AvgIpc) is 3.29. The fourth-order valence-electron chi connectivity index (χ4n) is 3.66. The molecule has 9 heteroatoms. The van der Waals surface area contributed by atoms with Gasteiger partial charge in [0, 0.05) is 6.42 Å². The van der Waals surface area contributed by atoms with Crippen LogP contribution in [0, 0.1) is 34.3 Å². The maximum Gasteiger partial charge on any atom is 0.217 e. The van der Waals surface area contributed by atoms with Gasteiger partial charge in [0.15, 0.2) is 0 Å². The third kappa shape index (κ3) is 3.65. The topological polar surface area (TPSA) is 114 Å². The van der Waals surface area contributed by atoms with E-state index in [2.05, 4.69) is 32.0 Å². The number of hydrogen-bond acceptors (Lipinski definition) is 6. The Morgan fingerprint density at radius 3 is 2.23 bits per heavy atom. The highest BCUT2D eigenvalue weighted by Gasteiger charge is 2.37. The summed E-state index contributed by atoms with van der Waals surface area (Å²) in [4.78, 5) is 0. The van der Waals surface area contributed by atoms with E-state index in [-0.39, 0.29) is 28.5 Å². The Balaban J connectivity index is 1.99. The number of tetrazole rings is 1. The molecule has 1 unspecified atom stereocenters. The molecule has 1 aliphatic heterocycles. The van der Waals surface area contributed by atoms with Crippen LogP contribution in [0.4, 0.5) is 8.78 Å². The first-order valence-electron chi connectivity index (χ1n) is 9.27. The SMILES string of the molecule is CC1(c2ccc(F)cc2)CC(c2ccc(F)cc2)=C(C#N)/C(=C(/C#N)c2nn[nH]n2)N1. The van der Waals surface area contributed by atoms with E-state index in [0.29, 0.717) is 17.6 Å². The lowest BCUT2D eigenvalue weighted by atomic mass is 9.77. The van der Waals surface area contributed by atoms with E-state index in [9.17, 15) is 19.3 Å². The number of allylic oxidation sites excluding steroid dienone is 2. The summed E-state index contributed by atoms with van der Waals surface area (Å²) in [5.41, 5.74) is 1.65. The Morgan fingerprint density at radius 2 is 1.68 bits per heavy atom. The molecule has 0 bridgehead atoms. The molecule has 4 rings (SSSR count). The van der Waals surface area contributed by atoms with Crippen molar-refractivity contribution in [2.45, 2.75) is 18.9 Å². The molecule has 31 heavy (non-hydrogen) atoms. The van der Waals surface area contributed by atoms with Gasteiger partial charge < -0.3 is 5.32 Å². The minimum absolute atomic E-state index is 0.0259. The molecule has 2 N–H and O–H groups in total. The van der Waals surface area contributed by atoms with Crippen molar-refractivity contribution in [1.82, 2.24) is 25.9 Å². The van der Waals surface area contributed by atoms with Crippen molar-refractivity contribution in [3.8, 4) is 12.1 Å². The minimum Gasteiger partial charge on any atom is -0.373 e. The number of H-pyrrole nitrogens is 1. The quantitative estimate of drug-likeness (QED) is 0.632. The van der Waals surface area contributed by atoms with Crippen molar-refractivity contribution in [1.29, 1.82) is 10.5 Å². The molecule has 1 aromatic heterocycles. The van der Waals surface area contributed by atoms with Gasteiger partial charge in [-0.2, -0.15) is 15.7 Å². The zero-order chi connectivity index (χ0) is 22.0. The largest absolute Gasteiger partial charge is 0.373 e. The first-order valence-corrected chi connectivity index (χ1v) is 9.27. The molecule has 0 saturated carbocycles. The first kappa shape index (κ1) is 19.9. The Kier molecular flexibility index (Phi) is 5.02. The van der Waals surface area contributed by atoms with Crippen LogP contribution in [-0.4, -0.2) is 20.6 Å². The van der Waals surface area contributed by atoms with Gasteiger partial charge in [0.25, 0.3) is 0 Å². The van der Waals surface area contributed by atoms with Crippen LogP contribution in [0.2, 0.25) is 0 Å². The Labute approximate surface area is 176 Å². The standard InChI is InChI=1S/C22H15F2N7/c1-22(14-4-8-16(24)9-5-14)10-17(13-2-6-15(23)7-3-13)18(11-25)20(27-22)19(12-26)21-28-30-31-29-21/h2-9,27H,10H2,1H3,(H,28,29,30,31)/b20-19+. The van der Waals surface area contributed by atoms with Crippen molar-refractivity contribution in [3.63, 3.8) is 0 Å². The van der Waals surface area contributed by atoms with Crippen LogP contribution in [0.3, 0.4) is 0 Å². The first-order chi connectivity index (χ1) is 14.9. The van der Waals surface area contributed by atoms with E-state index in [1.54, 1.807) is 24.3 Å². The second-order valence-electron chi connectivity index (χ2n) is 7.21. The van der Waals surface area contributed by atoms with Crippen LogP contribution in [0.1, 0.15) is 30.3 Å². The smallest absolute Gasteiger partial charge is 0.217 e. The Morgan fingerprint density at radius 1 is 1.03 bits per heavy atom. The highest BCUT2D eigenvalue weighted by Crippen LogP contribution is 2.42. The summed E-state index contributed by atoms with van der Waals surface area (Å²) in [6.45, 7) is 1.88. The molecule has 2 aromatic carbocycles. The van der Waals surface area contributed by atoms with Gasteiger partial charge in [0.05, 0.1) is 16.8 Å². The van der Waals surface area contributed by atoms with Gasteiger partial charge in [-0.3, -0.25) is 0 Å². The molecule has 0 radical (unpaired) electrons. The van der Waals surface area contributed by atoms with Gasteiger partial charge >= 0.3 is 0 Å². The number of benzene rings is 2. The molecular formula is C22H15F2N7. The van der Waals surface area contributed by atoms with Crippen molar-refractivity contribution < 1.29 is 8.78 Å². The zero-order valence-corrected chi connectivity index (χ0v) is 16.3. The summed E-state index contributed by atoms with van der Waals surface area (Å²) in [6.07, 6.45) is 0.335. The molecule has 0 amide bonds. The van der Waals surface area contributed by atoms with E-state index >= 15 is 0 Å². The summed E-state index contributed by atoms with van der Waals surface area (Å²) in [5, 5.41) is 36.6. The van der Waals surface area contributed by atoms with E-state index in [0.717, 1.165) is 5.56 Å². The maximum absolute atomic E-state index is 13.5. The van der Waals surface area contributed by atoms with Gasteiger partial charge in [-0.1, -0.05) is 24.3 Å². The van der Waals surface area contributed by atoms with Crippen molar-refractivity contribution in [2.24, 2.45) is 0 Å². The lowest BCUT2D eigenvalue weighted by Gasteiger charge is -2.39. The Hall–Kier alpha value is -4.37. The monoisotopic (exact) mass is 415 g/mol. The number of nitrogens with zero attached hydrogens (tertiary/aromatic N) is 5. The van der Waals surface area contributed by atoms with Crippen LogP contribution < -0.4 is 5.32 Å². The molecule has 0 saturated heterocycles. The van der Waals surface area contributed by atoms with E-state index in [1.807, 2.05) is 13.0 Å². The summed E-state index contributed by atoms with van der Waals surface area (Å²) in [6, 6.07) is 15.9. The van der Waals surface area contributed by atoms with Gasteiger partial charge in [-0.05, 0) is 53.1 Å². The number of nitrogens with one attached hydrogen (secondary N) is 2. The number of rotatable bonds is 3. The fraction of sp³-hybridized carbons (Fsp3) is 0.136. The summed E-state index contributed by atoms with van der Waals surface area (Å²) in [5.74, 6) is -0.756. The number of aromatic amines is 1. The number of halogens is 2. The van der Waals surface area contributed by atoms with Gasteiger partial charge in [0.1, 0.15) is 29.3 Å². The highest BCUT2D eigenvalue weighted by atomic mass is 19.1. The molecule has 0 spiro atoms. The predicted octanol–water partition coefficient (Wildman–Crippen LogP) is 3.60. The number of aromatic nitrogens is 4. The lowest BCUT2D eigenvalue weighted by Crippen LogP contribution is -2.43. The molecule has 1 atom stereocenters. The van der Waals surface area contributed by atoms with Crippen molar-refractivity contribution in [2.75, 3.05) is 0 Å². The number of nitriles is 2. The third-order valence-corrected chi connectivity index (χ3v) is 5.20. The molecule has 2 heterocycles. The highest BCUT2D eigenvalue weighted by molar-refractivity contribution is 5.87. The van der Waals surface area contributed by atoms with Crippen LogP contribution >= 0.6 is 0 Å². The van der Waals surface area contributed by atoms with E-state index < -0.39 is 11.4 Å². The Bertz CT molecular complexity index is 1260. The van der Waals surface area contributed by atoms with Crippen molar-refractivity contribution in [3.05, 3.63) is 88.4 Å². The van der Waals surface area contributed by atoms with Gasteiger partial charge in [0.2, 0.25) is 5.82 Å². The molecule has 3 aromatic rings. The second kappa shape index (κ2) is 7.81. The van der Waals surface area contributed by atoms with Crippen LogP contribution in [0.15, 0.2) is 59.8 Å². The lowest BCUT2D eigenvalue weighted by molar-refractivity contribution is 0.408. The average molecular weight is 415 g/mol. The third-order valence-electron chi connectivity index (χ3n) is 5.20. The maximum atomic E-state index is 13.5. The molecule has 7 nitrogen and oxygen atoms in total. The molecule has 0 aliphatic carbocycles. The van der Waals surface area contributed by atoms with Crippen LogP contribution in [0.25, 0.3) is 11.1 Å². The van der Waals surface area contributed by atoms with Crippen molar-refractivity contribution >= 4 is 11.1 Å². The normalized spacial score (nSPS) is 19.9.